The van der Waals surface area contributed by atoms with Crippen LogP contribution in [0, 0.1) is 32.4 Å². The molecule has 2 aromatic rings. The molecule has 0 unspecified atom stereocenters. The number of aryl methyl sites for hydroxylation is 3. The van der Waals surface area contributed by atoms with Gasteiger partial charge in [0.1, 0.15) is 11.6 Å². The van der Waals surface area contributed by atoms with Crippen molar-refractivity contribution in [1.82, 2.24) is 4.72 Å². The monoisotopic (exact) mass is 494 g/mol. The highest BCUT2D eigenvalue weighted by atomic mass is 32.2. The Hall–Kier alpha value is -2.32. The molecule has 0 heterocycles. The van der Waals surface area contributed by atoms with Crippen LogP contribution in [0.25, 0.3) is 11.1 Å². The van der Waals surface area contributed by atoms with Crippen molar-refractivity contribution in [3.63, 3.8) is 0 Å². The first-order chi connectivity index (χ1) is 15.7. The third-order valence-electron chi connectivity index (χ3n) is 5.55. The van der Waals surface area contributed by atoms with Crippen LogP contribution >= 0.6 is 0 Å². The van der Waals surface area contributed by atoms with Crippen LogP contribution in [-0.2, 0) is 20.5 Å². The van der Waals surface area contributed by atoms with Crippen molar-refractivity contribution in [3.05, 3.63) is 52.1 Å². The summed E-state index contributed by atoms with van der Waals surface area (Å²) in [5, 5.41) is 0. The first kappa shape index (κ1) is 27.9. The topological polar surface area (TPSA) is 58.6 Å². The van der Waals surface area contributed by atoms with Gasteiger partial charge in [-0.05, 0) is 88.9 Å². The van der Waals surface area contributed by atoms with Gasteiger partial charge >= 0.3 is 5.97 Å². The van der Waals surface area contributed by atoms with Gasteiger partial charge in [-0.3, -0.25) is 4.79 Å². The zero-order valence-electron chi connectivity index (χ0n) is 21.6. The zero-order valence-corrected chi connectivity index (χ0v) is 22.4. The number of hydrogen-bond donors (Lipinski definition) is 1. The van der Waals surface area contributed by atoms with Crippen molar-refractivity contribution in [2.24, 2.45) is 0 Å². The van der Waals surface area contributed by atoms with Crippen molar-refractivity contribution in [1.29, 1.82) is 0 Å². The number of benzene rings is 2. The Labute approximate surface area is 204 Å². The van der Waals surface area contributed by atoms with Crippen molar-refractivity contribution in [2.45, 2.75) is 65.7 Å². The van der Waals surface area contributed by atoms with Gasteiger partial charge in [0.25, 0.3) is 0 Å². The third kappa shape index (κ3) is 6.21. The molecule has 0 radical (unpaired) electrons. The number of carbonyl (C=O) groups is 1. The van der Waals surface area contributed by atoms with E-state index in [-0.39, 0.29) is 29.7 Å². The molecule has 0 aliphatic rings. The van der Waals surface area contributed by atoms with Gasteiger partial charge < -0.3 is 9.64 Å². The minimum Gasteiger partial charge on any atom is -0.466 e. The van der Waals surface area contributed by atoms with Crippen LogP contribution in [0.5, 0.6) is 0 Å². The van der Waals surface area contributed by atoms with E-state index in [0.717, 1.165) is 16.8 Å². The molecule has 8 heteroatoms. The van der Waals surface area contributed by atoms with Gasteiger partial charge in [0.15, 0.2) is 0 Å². The first-order valence-corrected chi connectivity index (χ1v) is 12.4. The molecule has 2 rings (SSSR count). The zero-order chi connectivity index (χ0) is 26.0. The molecule has 0 aliphatic carbocycles. The van der Waals surface area contributed by atoms with E-state index >= 15 is 8.78 Å². The summed E-state index contributed by atoms with van der Waals surface area (Å²) in [5.41, 5.74) is 3.49. The van der Waals surface area contributed by atoms with E-state index in [0.29, 0.717) is 5.56 Å². The maximum atomic E-state index is 16.1. The summed E-state index contributed by atoms with van der Waals surface area (Å²) < 4.78 is 51.5. The van der Waals surface area contributed by atoms with Crippen LogP contribution < -0.4 is 9.62 Å². The molecule has 0 spiro atoms. The molecule has 5 nitrogen and oxygen atoms in total. The van der Waals surface area contributed by atoms with E-state index in [1.807, 2.05) is 45.0 Å². The number of anilines is 1. The molecule has 34 heavy (non-hydrogen) atoms. The van der Waals surface area contributed by atoms with Crippen LogP contribution in [0.4, 0.5) is 14.5 Å². The quantitative estimate of drug-likeness (QED) is 0.481. The molecule has 2 atom stereocenters. The minimum atomic E-state index is -1.68. The second-order valence-corrected chi connectivity index (χ2v) is 11.7. The summed E-state index contributed by atoms with van der Waals surface area (Å²) in [6.07, 6.45) is -0.357. The van der Waals surface area contributed by atoms with Gasteiger partial charge in [-0.2, -0.15) is 0 Å². The summed E-state index contributed by atoms with van der Waals surface area (Å²) in [5.74, 6) is -2.18. The van der Waals surface area contributed by atoms with Gasteiger partial charge in [0.2, 0.25) is 0 Å². The Morgan fingerprint density at radius 1 is 1.06 bits per heavy atom. The minimum absolute atomic E-state index is 0.133. The molecular formula is C26H36F2N2O3S. The molecule has 0 bridgehead atoms. The summed E-state index contributed by atoms with van der Waals surface area (Å²) >= 11 is 0. The first-order valence-electron chi connectivity index (χ1n) is 11.3. The molecule has 0 aliphatic heterocycles. The Bertz CT molecular complexity index is 1070. The summed E-state index contributed by atoms with van der Waals surface area (Å²) in [6, 6.07) is 4.22. The second kappa shape index (κ2) is 11.0. The van der Waals surface area contributed by atoms with Gasteiger partial charge in [-0.15, -0.1) is 0 Å². The normalized spacial score (nSPS) is 13.5. The number of halogens is 2. The number of esters is 1. The fraction of sp³-hybridized carbons (Fsp3) is 0.500. The maximum absolute atomic E-state index is 16.1. The molecule has 0 saturated heterocycles. The fourth-order valence-corrected chi connectivity index (χ4v) is 4.62. The molecule has 0 aromatic heterocycles. The summed E-state index contributed by atoms with van der Waals surface area (Å²) in [7, 11) is 2.18. The van der Waals surface area contributed by atoms with Crippen molar-refractivity contribution in [3.8, 4) is 11.1 Å². The van der Waals surface area contributed by atoms with Crippen molar-refractivity contribution in [2.75, 3.05) is 25.6 Å². The Balaban J connectivity index is 2.74. The summed E-state index contributed by atoms with van der Waals surface area (Å²) in [6.45, 7) is 12.3. The Morgan fingerprint density at radius 2 is 1.62 bits per heavy atom. The van der Waals surface area contributed by atoms with Crippen molar-refractivity contribution < 1.29 is 22.5 Å². The number of rotatable bonds is 8. The fourth-order valence-electron chi connectivity index (χ4n) is 3.80. The predicted octanol–water partition coefficient (Wildman–Crippen LogP) is 5.67. The number of hydrogen-bond acceptors (Lipinski definition) is 4. The number of nitrogens with zero attached hydrogens (tertiary/aromatic N) is 1. The predicted molar refractivity (Wildman–Crippen MR) is 135 cm³/mol. The van der Waals surface area contributed by atoms with Crippen LogP contribution in [-0.4, -0.2) is 35.6 Å². The van der Waals surface area contributed by atoms with Gasteiger partial charge in [0.05, 0.1) is 34.8 Å². The lowest BCUT2D eigenvalue weighted by molar-refractivity contribution is -0.143. The molecule has 0 saturated carbocycles. The highest BCUT2D eigenvalue weighted by Crippen LogP contribution is 2.38. The van der Waals surface area contributed by atoms with Gasteiger partial charge in [-0.1, -0.05) is 0 Å². The van der Waals surface area contributed by atoms with Gasteiger partial charge in [-0.25, -0.2) is 17.7 Å². The lowest BCUT2D eigenvalue weighted by Gasteiger charge is -2.26. The van der Waals surface area contributed by atoms with Crippen LogP contribution in [0.3, 0.4) is 0 Å². The SMILES string of the molecule is CCOC(=O)C[C@H](N[S@](=O)C(C)(C)C)c1c(F)c(C)cc(-c2c(C)cc(N(C)C)cc2C)c1F. The molecule has 2 aromatic carbocycles. The highest BCUT2D eigenvalue weighted by Gasteiger charge is 2.32. The molecular weight excluding hydrogens is 458 g/mol. The van der Waals surface area contributed by atoms with Crippen LogP contribution in [0.1, 0.15) is 62.4 Å². The smallest absolute Gasteiger partial charge is 0.307 e. The maximum Gasteiger partial charge on any atom is 0.307 e. The van der Waals surface area contributed by atoms with E-state index in [1.165, 1.54) is 6.07 Å². The Kier molecular flexibility index (Phi) is 8.99. The van der Waals surface area contributed by atoms with Crippen LogP contribution in [0.2, 0.25) is 0 Å². The van der Waals surface area contributed by atoms with E-state index in [2.05, 4.69) is 4.72 Å². The average Bonchev–Trinajstić information content (AvgIpc) is 2.70. The lowest BCUT2D eigenvalue weighted by Crippen LogP contribution is -2.37. The molecule has 0 amide bonds. The molecule has 1 N–H and O–H groups in total. The average molecular weight is 495 g/mol. The van der Waals surface area contributed by atoms with Gasteiger partial charge in [0, 0.05) is 30.9 Å². The Morgan fingerprint density at radius 3 is 2.09 bits per heavy atom. The number of carbonyl (C=O) groups excluding carboxylic acids is 1. The third-order valence-corrected chi connectivity index (χ3v) is 7.16. The number of nitrogens with one attached hydrogen (secondary N) is 1. The van der Waals surface area contributed by atoms with E-state index in [4.69, 9.17) is 4.74 Å². The van der Waals surface area contributed by atoms with E-state index in [1.54, 1.807) is 34.6 Å². The summed E-state index contributed by atoms with van der Waals surface area (Å²) in [4.78, 5) is 14.3. The standard InChI is InChI=1S/C26H36F2N2O3S/c1-10-33-21(31)14-20(29-34(32)26(5,6)7)23-24(27)17(4)13-19(25(23)28)22-15(2)11-18(30(8)9)12-16(22)3/h11-13,20,29H,10,14H2,1-9H3/t20-,34+/m0/s1. The van der Waals surface area contributed by atoms with E-state index in [9.17, 15) is 9.00 Å². The molecule has 0 fully saturated rings. The second-order valence-electron chi connectivity index (χ2n) is 9.69. The molecule has 188 valence electrons. The van der Waals surface area contributed by atoms with Crippen LogP contribution in [0.15, 0.2) is 18.2 Å². The lowest BCUT2D eigenvalue weighted by atomic mass is 9.89. The largest absolute Gasteiger partial charge is 0.466 e. The van der Waals surface area contributed by atoms with E-state index < -0.39 is 39.4 Å². The van der Waals surface area contributed by atoms with Crippen molar-refractivity contribution >= 4 is 22.6 Å². The number of ether oxygens (including phenoxy) is 1. The highest BCUT2D eigenvalue weighted by molar-refractivity contribution is 7.84.